The number of halogens is 1. The van der Waals surface area contributed by atoms with E-state index < -0.39 is 0 Å². The number of benzene rings is 3. The van der Waals surface area contributed by atoms with Gasteiger partial charge < -0.3 is 4.98 Å². The number of aromatic nitrogens is 3. The van der Waals surface area contributed by atoms with E-state index in [1.807, 2.05) is 92.0 Å². The average Bonchev–Trinajstić information content (AvgIpc) is 3.24. The van der Waals surface area contributed by atoms with Gasteiger partial charge in [0.15, 0.2) is 5.16 Å². The van der Waals surface area contributed by atoms with Crippen LogP contribution >= 0.6 is 23.4 Å². The van der Waals surface area contributed by atoms with Crippen molar-refractivity contribution in [2.24, 2.45) is 0 Å². The molecule has 1 N–H and O–H groups in total. The molecule has 0 aliphatic carbocycles. The van der Waals surface area contributed by atoms with Crippen LogP contribution in [0.3, 0.4) is 0 Å². The Labute approximate surface area is 194 Å². The van der Waals surface area contributed by atoms with Crippen LogP contribution in [0.1, 0.15) is 11.1 Å². The van der Waals surface area contributed by atoms with Crippen LogP contribution < -0.4 is 5.56 Å². The summed E-state index contributed by atoms with van der Waals surface area (Å²) >= 11 is 7.56. The van der Waals surface area contributed by atoms with E-state index in [-0.39, 0.29) is 5.56 Å². The van der Waals surface area contributed by atoms with E-state index in [1.165, 1.54) is 11.8 Å². The maximum atomic E-state index is 13.6. The van der Waals surface area contributed by atoms with Crippen molar-refractivity contribution >= 4 is 34.4 Å². The quantitative estimate of drug-likeness (QED) is 0.238. The van der Waals surface area contributed by atoms with E-state index in [0.717, 1.165) is 27.9 Å². The minimum Gasteiger partial charge on any atom is -0.355 e. The molecule has 2 aromatic heterocycles. The molecule has 0 aliphatic heterocycles. The van der Waals surface area contributed by atoms with Crippen molar-refractivity contribution in [3.05, 3.63) is 112 Å². The van der Waals surface area contributed by atoms with Crippen molar-refractivity contribution in [1.29, 1.82) is 0 Å². The van der Waals surface area contributed by atoms with E-state index >= 15 is 0 Å². The molecular formula is C26H20ClN3OS. The van der Waals surface area contributed by atoms with Gasteiger partial charge in [-0.25, -0.2) is 4.98 Å². The Morgan fingerprint density at radius 2 is 1.69 bits per heavy atom. The van der Waals surface area contributed by atoms with Gasteiger partial charge in [0.1, 0.15) is 11.0 Å². The van der Waals surface area contributed by atoms with E-state index in [1.54, 1.807) is 4.57 Å². The predicted molar refractivity (Wildman–Crippen MR) is 133 cm³/mol. The number of thioether (sulfide) groups is 1. The standard InChI is InChI=1S/C26H20ClN3OS/c1-17-7-13-21(14-8-17)30-25(31)24-23(22(15-28-24)19-5-3-2-4-6-19)29-26(30)32-16-18-9-11-20(27)12-10-18/h2-15,28H,16H2,1H3. The Morgan fingerprint density at radius 3 is 2.41 bits per heavy atom. The molecule has 0 amide bonds. The second-order valence-electron chi connectivity index (χ2n) is 7.58. The minimum absolute atomic E-state index is 0.111. The third-order valence-electron chi connectivity index (χ3n) is 5.33. The van der Waals surface area contributed by atoms with Crippen LogP contribution in [0.25, 0.3) is 27.8 Å². The molecule has 0 spiro atoms. The van der Waals surface area contributed by atoms with Gasteiger partial charge in [-0.05, 0) is 42.3 Å². The second-order valence-corrected chi connectivity index (χ2v) is 8.96. The number of aryl methyl sites for hydroxylation is 1. The van der Waals surface area contributed by atoms with Crippen LogP contribution in [-0.4, -0.2) is 14.5 Å². The summed E-state index contributed by atoms with van der Waals surface area (Å²) < 4.78 is 1.69. The Morgan fingerprint density at radius 1 is 0.969 bits per heavy atom. The number of nitrogens with zero attached hydrogens (tertiary/aromatic N) is 2. The molecule has 4 nitrogen and oxygen atoms in total. The number of hydrogen-bond donors (Lipinski definition) is 1. The zero-order valence-corrected chi connectivity index (χ0v) is 19.0. The number of nitrogens with one attached hydrogen (secondary N) is 1. The van der Waals surface area contributed by atoms with Gasteiger partial charge in [-0.3, -0.25) is 9.36 Å². The van der Waals surface area contributed by atoms with Gasteiger partial charge in [0.05, 0.1) is 5.69 Å². The largest absolute Gasteiger partial charge is 0.355 e. The molecule has 2 heterocycles. The van der Waals surface area contributed by atoms with Gasteiger partial charge in [0.25, 0.3) is 5.56 Å². The first-order chi connectivity index (χ1) is 15.6. The smallest absolute Gasteiger partial charge is 0.283 e. The highest BCUT2D eigenvalue weighted by atomic mass is 35.5. The fourth-order valence-corrected chi connectivity index (χ4v) is 4.71. The molecule has 158 valence electrons. The molecule has 0 aliphatic rings. The van der Waals surface area contributed by atoms with Crippen molar-refractivity contribution in [3.63, 3.8) is 0 Å². The topological polar surface area (TPSA) is 50.7 Å². The van der Waals surface area contributed by atoms with Crippen LogP contribution in [-0.2, 0) is 5.75 Å². The van der Waals surface area contributed by atoms with Crippen LogP contribution in [0.4, 0.5) is 0 Å². The summed E-state index contributed by atoms with van der Waals surface area (Å²) in [5, 5.41) is 1.35. The first-order valence-electron chi connectivity index (χ1n) is 10.2. The summed E-state index contributed by atoms with van der Waals surface area (Å²) in [6.07, 6.45) is 1.86. The first-order valence-corrected chi connectivity index (χ1v) is 11.6. The summed E-state index contributed by atoms with van der Waals surface area (Å²) in [6.45, 7) is 2.03. The zero-order chi connectivity index (χ0) is 22.1. The summed E-state index contributed by atoms with van der Waals surface area (Å²) in [7, 11) is 0. The van der Waals surface area contributed by atoms with Gasteiger partial charge in [0.2, 0.25) is 0 Å². The molecule has 6 heteroatoms. The van der Waals surface area contributed by atoms with E-state index in [9.17, 15) is 4.79 Å². The predicted octanol–water partition coefficient (Wildman–Crippen LogP) is 6.63. The highest BCUT2D eigenvalue weighted by molar-refractivity contribution is 7.98. The van der Waals surface area contributed by atoms with Crippen molar-refractivity contribution in [3.8, 4) is 16.8 Å². The third-order valence-corrected chi connectivity index (χ3v) is 6.59. The van der Waals surface area contributed by atoms with Crippen LogP contribution in [0.2, 0.25) is 5.02 Å². The van der Waals surface area contributed by atoms with Crippen molar-refractivity contribution < 1.29 is 0 Å². The lowest BCUT2D eigenvalue weighted by Gasteiger charge is -2.13. The van der Waals surface area contributed by atoms with Gasteiger partial charge in [-0.2, -0.15) is 0 Å². The van der Waals surface area contributed by atoms with Gasteiger partial charge in [-0.1, -0.05) is 83.5 Å². The fraction of sp³-hybridized carbons (Fsp3) is 0.0769. The summed E-state index contributed by atoms with van der Waals surface area (Å²) in [4.78, 5) is 21.7. The minimum atomic E-state index is -0.111. The molecule has 32 heavy (non-hydrogen) atoms. The highest BCUT2D eigenvalue weighted by Crippen LogP contribution is 2.30. The summed E-state index contributed by atoms with van der Waals surface area (Å²) in [5.41, 5.74) is 6.06. The average molecular weight is 458 g/mol. The molecule has 3 aromatic carbocycles. The molecule has 5 aromatic rings. The number of aromatic amines is 1. The number of hydrogen-bond acceptors (Lipinski definition) is 3. The Balaban J connectivity index is 1.66. The van der Waals surface area contributed by atoms with E-state index in [2.05, 4.69) is 4.98 Å². The lowest BCUT2D eigenvalue weighted by molar-refractivity contribution is 0.818. The zero-order valence-electron chi connectivity index (χ0n) is 17.4. The van der Waals surface area contributed by atoms with Crippen LogP contribution in [0.5, 0.6) is 0 Å². The van der Waals surface area contributed by atoms with Gasteiger partial charge in [0, 0.05) is 22.5 Å². The van der Waals surface area contributed by atoms with E-state index in [0.29, 0.717) is 27.0 Å². The van der Waals surface area contributed by atoms with Gasteiger partial charge >= 0.3 is 0 Å². The maximum absolute atomic E-state index is 13.6. The normalized spacial score (nSPS) is 11.2. The highest BCUT2D eigenvalue weighted by Gasteiger charge is 2.18. The van der Waals surface area contributed by atoms with Crippen molar-refractivity contribution in [2.45, 2.75) is 17.8 Å². The third kappa shape index (κ3) is 3.97. The molecule has 0 bridgehead atoms. The molecule has 0 unspecified atom stereocenters. The molecule has 0 radical (unpaired) electrons. The summed E-state index contributed by atoms with van der Waals surface area (Å²) in [5.74, 6) is 0.673. The van der Waals surface area contributed by atoms with E-state index in [4.69, 9.17) is 16.6 Å². The second kappa shape index (κ2) is 8.69. The SMILES string of the molecule is Cc1ccc(-n2c(SCc3ccc(Cl)cc3)nc3c(-c4ccccc4)c[nH]c3c2=O)cc1. The fourth-order valence-electron chi connectivity index (χ4n) is 3.62. The summed E-state index contributed by atoms with van der Waals surface area (Å²) in [6, 6.07) is 25.7. The Kier molecular flexibility index (Phi) is 5.60. The first kappa shape index (κ1) is 20.6. The number of rotatable bonds is 5. The molecule has 0 saturated carbocycles. The molecule has 0 atom stereocenters. The van der Waals surface area contributed by atoms with Crippen LogP contribution in [0.15, 0.2) is 95.0 Å². The number of fused-ring (bicyclic) bond motifs is 1. The lowest BCUT2D eigenvalue weighted by atomic mass is 10.1. The van der Waals surface area contributed by atoms with Crippen LogP contribution in [0, 0.1) is 6.92 Å². The molecule has 5 rings (SSSR count). The monoisotopic (exact) mass is 457 g/mol. The molecule has 0 saturated heterocycles. The maximum Gasteiger partial charge on any atom is 0.283 e. The number of H-pyrrole nitrogens is 1. The Bertz CT molecular complexity index is 1440. The van der Waals surface area contributed by atoms with Gasteiger partial charge in [-0.15, -0.1) is 0 Å². The van der Waals surface area contributed by atoms with Crippen molar-refractivity contribution in [1.82, 2.24) is 14.5 Å². The van der Waals surface area contributed by atoms with Crippen molar-refractivity contribution in [2.75, 3.05) is 0 Å². The molecular weight excluding hydrogens is 438 g/mol. The Hall–Kier alpha value is -3.28. The molecule has 0 fully saturated rings. The lowest BCUT2D eigenvalue weighted by Crippen LogP contribution is -2.21.